The summed E-state index contributed by atoms with van der Waals surface area (Å²) in [5.41, 5.74) is 0.580. The van der Waals surface area contributed by atoms with Gasteiger partial charge in [0.05, 0.1) is 0 Å². The first kappa shape index (κ1) is 21.2. The fraction of sp³-hybridized carbons (Fsp3) is 0.619. The number of urea groups is 1. The number of ether oxygens (including phenoxy) is 1. The first-order chi connectivity index (χ1) is 12.7. The van der Waals surface area contributed by atoms with E-state index in [-0.39, 0.29) is 18.0 Å². The number of rotatable bonds is 5. The summed E-state index contributed by atoms with van der Waals surface area (Å²) >= 11 is 0. The fourth-order valence-corrected chi connectivity index (χ4v) is 3.24. The number of likely N-dealkylation sites (tertiary alicyclic amines) is 1. The average Bonchev–Trinajstić information content (AvgIpc) is 2.60. The number of piperidine rings is 1. The van der Waals surface area contributed by atoms with Crippen LogP contribution in [0.25, 0.3) is 0 Å². The second-order valence-corrected chi connectivity index (χ2v) is 8.38. The van der Waals surface area contributed by atoms with Gasteiger partial charge in [-0.25, -0.2) is 4.79 Å². The summed E-state index contributed by atoms with van der Waals surface area (Å²) in [7, 11) is 3.54. The van der Waals surface area contributed by atoms with Crippen LogP contribution in [-0.2, 0) is 16.0 Å². The van der Waals surface area contributed by atoms with Gasteiger partial charge in [0, 0.05) is 33.2 Å². The Hall–Kier alpha value is -2.08. The molecule has 2 amide bonds. The van der Waals surface area contributed by atoms with Crippen molar-refractivity contribution < 1.29 is 14.3 Å². The molecular formula is C21H33N3O3. The van der Waals surface area contributed by atoms with Crippen LogP contribution in [0.3, 0.4) is 0 Å². The Morgan fingerprint density at radius 1 is 1.19 bits per heavy atom. The standard InChI is InChI=1S/C21H33N3O3/c1-21(2,3)27-19(25)18(15-16-9-7-6-8-10-16)22-17-11-13-24(14-12-17)20(26)23(4)5/h6-10,17-18,22H,11-15H2,1-5H3/t18-/m0/s1. The lowest BCUT2D eigenvalue weighted by atomic mass is 10.0. The minimum Gasteiger partial charge on any atom is -0.459 e. The summed E-state index contributed by atoms with van der Waals surface area (Å²) in [4.78, 5) is 28.3. The van der Waals surface area contributed by atoms with Crippen LogP contribution in [0.4, 0.5) is 4.79 Å². The number of carbonyl (C=O) groups excluding carboxylic acids is 2. The Kier molecular flexibility index (Phi) is 7.25. The van der Waals surface area contributed by atoms with Gasteiger partial charge in [0.1, 0.15) is 11.6 Å². The Bertz CT molecular complexity index is 617. The highest BCUT2D eigenvalue weighted by molar-refractivity contribution is 5.77. The number of nitrogens with one attached hydrogen (secondary N) is 1. The number of amides is 2. The molecule has 0 aliphatic carbocycles. The fourth-order valence-electron chi connectivity index (χ4n) is 3.24. The van der Waals surface area contributed by atoms with E-state index in [1.807, 2.05) is 56.0 Å². The first-order valence-electron chi connectivity index (χ1n) is 9.65. The van der Waals surface area contributed by atoms with Gasteiger partial charge < -0.3 is 19.9 Å². The summed E-state index contributed by atoms with van der Waals surface area (Å²) in [6.45, 7) is 7.05. The van der Waals surface area contributed by atoms with E-state index in [1.54, 1.807) is 19.0 Å². The number of hydrogen-bond acceptors (Lipinski definition) is 4. The molecule has 6 heteroatoms. The van der Waals surface area contributed by atoms with E-state index in [9.17, 15) is 9.59 Å². The predicted molar refractivity (Wildman–Crippen MR) is 107 cm³/mol. The Morgan fingerprint density at radius 2 is 1.78 bits per heavy atom. The number of benzene rings is 1. The van der Waals surface area contributed by atoms with Crippen LogP contribution >= 0.6 is 0 Å². The highest BCUT2D eigenvalue weighted by Crippen LogP contribution is 2.16. The number of carbonyl (C=O) groups is 2. The molecule has 0 spiro atoms. The molecule has 2 rings (SSSR count). The van der Waals surface area contributed by atoms with Crippen molar-refractivity contribution in [3.05, 3.63) is 35.9 Å². The van der Waals surface area contributed by atoms with Gasteiger partial charge in [-0.3, -0.25) is 4.79 Å². The van der Waals surface area contributed by atoms with E-state index in [1.165, 1.54) is 0 Å². The van der Waals surface area contributed by atoms with Crippen LogP contribution in [0, 0.1) is 0 Å². The molecule has 0 saturated carbocycles. The van der Waals surface area contributed by atoms with Gasteiger partial charge in [-0.05, 0) is 45.6 Å². The number of nitrogens with zero attached hydrogens (tertiary/aromatic N) is 2. The van der Waals surface area contributed by atoms with E-state index in [4.69, 9.17) is 4.74 Å². The Morgan fingerprint density at radius 3 is 2.30 bits per heavy atom. The summed E-state index contributed by atoms with van der Waals surface area (Å²) in [5, 5.41) is 3.49. The van der Waals surface area contributed by atoms with Crippen molar-refractivity contribution in [1.82, 2.24) is 15.1 Å². The molecule has 0 unspecified atom stereocenters. The smallest absolute Gasteiger partial charge is 0.324 e. The summed E-state index contributed by atoms with van der Waals surface area (Å²) in [6, 6.07) is 9.82. The maximum Gasteiger partial charge on any atom is 0.324 e. The van der Waals surface area contributed by atoms with Gasteiger partial charge in [-0.2, -0.15) is 0 Å². The number of esters is 1. The molecule has 1 aliphatic rings. The maximum atomic E-state index is 12.7. The largest absolute Gasteiger partial charge is 0.459 e. The third-order valence-corrected chi connectivity index (χ3v) is 4.56. The lowest BCUT2D eigenvalue weighted by molar-refractivity contribution is -0.157. The van der Waals surface area contributed by atoms with E-state index in [0.29, 0.717) is 19.5 Å². The first-order valence-corrected chi connectivity index (χ1v) is 9.65. The van der Waals surface area contributed by atoms with Crippen molar-refractivity contribution >= 4 is 12.0 Å². The molecule has 6 nitrogen and oxygen atoms in total. The Labute approximate surface area is 162 Å². The van der Waals surface area contributed by atoms with E-state index >= 15 is 0 Å². The quantitative estimate of drug-likeness (QED) is 0.804. The second kappa shape index (κ2) is 9.22. The second-order valence-electron chi connectivity index (χ2n) is 8.38. The summed E-state index contributed by atoms with van der Waals surface area (Å²) < 4.78 is 5.63. The monoisotopic (exact) mass is 375 g/mol. The lowest BCUT2D eigenvalue weighted by Gasteiger charge is -2.35. The van der Waals surface area contributed by atoms with Crippen LogP contribution in [0.5, 0.6) is 0 Å². The zero-order valence-electron chi connectivity index (χ0n) is 17.2. The third kappa shape index (κ3) is 6.86. The van der Waals surface area contributed by atoms with Gasteiger partial charge in [-0.15, -0.1) is 0 Å². The van der Waals surface area contributed by atoms with Gasteiger partial charge in [-0.1, -0.05) is 30.3 Å². The summed E-state index contributed by atoms with van der Waals surface area (Å²) in [5.74, 6) is -0.224. The van der Waals surface area contributed by atoms with E-state index in [2.05, 4.69) is 5.32 Å². The molecule has 27 heavy (non-hydrogen) atoms. The summed E-state index contributed by atoms with van der Waals surface area (Å²) in [6.07, 6.45) is 2.24. The van der Waals surface area contributed by atoms with Gasteiger partial charge in [0.15, 0.2) is 0 Å². The van der Waals surface area contributed by atoms with Crippen LogP contribution < -0.4 is 5.32 Å². The van der Waals surface area contributed by atoms with Crippen molar-refractivity contribution in [3.63, 3.8) is 0 Å². The average molecular weight is 376 g/mol. The third-order valence-electron chi connectivity index (χ3n) is 4.56. The van der Waals surface area contributed by atoms with Gasteiger partial charge >= 0.3 is 12.0 Å². The molecule has 1 aliphatic heterocycles. The molecule has 150 valence electrons. The van der Waals surface area contributed by atoms with E-state index in [0.717, 1.165) is 18.4 Å². The molecule has 1 aromatic carbocycles. The van der Waals surface area contributed by atoms with Crippen LogP contribution in [0.2, 0.25) is 0 Å². The van der Waals surface area contributed by atoms with Crippen molar-refractivity contribution in [2.45, 2.75) is 57.7 Å². The Balaban J connectivity index is 1.99. The molecule has 1 N–H and O–H groups in total. The molecule has 1 atom stereocenters. The lowest BCUT2D eigenvalue weighted by Crippen LogP contribution is -2.52. The number of hydrogen-bond donors (Lipinski definition) is 1. The molecular weight excluding hydrogens is 342 g/mol. The van der Waals surface area contributed by atoms with Crippen LogP contribution in [0.1, 0.15) is 39.2 Å². The zero-order chi connectivity index (χ0) is 20.0. The molecule has 1 fully saturated rings. The van der Waals surface area contributed by atoms with Gasteiger partial charge in [0.25, 0.3) is 0 Å². The minimum atomic E-state index is -0.519. The van der Waals surface area contributed by atoms with Crippen molar-refractivity contribution in [2.75, 3.05) is 27.2 Å². The molecule has 1 aromatic rings. The van der Waals surface area contributed by atoms with Gasteiger partial charge in [0.2, 0.25) is 0 Å². The van der Waals surface area contributed by atoms with Crippen molar-refractivity contribution in [3.8, 4) is 0 Å². The predicted octanol–water partition coefficient (Wildman–Crippen LogP) is 2.68. The SMILES string of the molecule is CN(C)C(=O)N1CCC(N[C@@H](Cc2ccccc2)C(=O)OC(C)(C)C)CC1. The zero-order valence-corrected chi connectivity index (χ0v) is 17.2. The maximum absolute atomic E-state index is 12.7. The topological polar surface area (TPSA) is 61.9 Å². The minimum absolute atomic E-state index is 0.0430. The van der Waals surface area contributed by atoms with Crippen LogP contribution in [-0.4, -0.2) is 66.7 Å². The van der Waals surface area contributed by atoms with Crippen molar-refractivity contribution in [1.29, 1.82) is 0 Å². The molecule has 1 heterocycles. The highest BCUT2D eigenvalue weighted by Gasteiger charge is 2.30. The normalized spacial score (nSPS) is 16.7. The molecule has 0 aromatic heterocycles. The molecule has 0 bridgehead atoms. The molecule has 1 saturated heterocycles. The van der Waals surface area contributed by atoms with E-state index < -0.39 is 11.6 Å². The van der Waals surface area contributed by atoms with Crippen molar-refractivity contribution in [2.24, 2.45) is 0 Å². The highest BCUT2D eigenvalue weighted by atomic mass is 16.6. The molecule has 0 radical (unpaired) electrons. The van der Waals surface area contributed by atoms with Crippen LogP contribution in [0.15, 0.2) is 30.3 Å².